The number of hydrogen-bond donors (Lipinski definition) is 0. The summed E-state index contributed by atoms with van der Waals surface area (Å²) in [7, 11) is -2.48. The molecule has 0 amide bonds. The van der Waals surface area contributed by atoms with Crippen LogP contribution in [0.4, 0.5) is 0 Å². The Morgan fingerprint density at radius 3 is 1.08 bits per heavy atom. The monoisotopic (exact) mass is 374 g/mol. The van der Waals surface area contributed by atoms with Gasteiger partial charge in [0.05, 0.1) is 0 Å². The summed E-state index contributed by atoms with van der Waals surface area (Å²) >= 11 is 0. The van der Waals surface area contributed by atoms with E-state index in [0.29, 0.717) is 0 Å². The summed E-state index contributed by atoms with van der Waals surface area (Å²) in [5.74, 6) is 0. The van der Waals surface area contributed by atoms with E-state index in [2.05, 4.69) is 27.7 Å². The highest BCUT2D eigenvalue weighted by Gasteiger charge is 2.40. The molecule has 0 aliphatic carbocycles. The van der Waals surface area contributed by atoms with Crippen LogP contribution in [0.3, 0.4) is 0 Å². The van der Waals surface area contributed by atoms with Gasteiger partial charge in [-0.25, -0.2) is 0 Å². The van der Waals surface area contributed by atoms with Crippen LogP contribution in [0.5, 0.6) is 0 Å². The molecule has 25 heavy (non-hydrogen) atoms. The van der Waals surface area contributed by atoms with Gasteiger partial charge in [-0.2, -0.15) is 0 Å². The molecule has 0 aromatic heterocycles. The molecule has 0 heterocycles. The van der Waals surface area contributed by atoms with Crippen molar-refractivity contribution >= 4 is 8.80 Å². The van der Waals surface area contributed by atoms with Crippen LogP contribution in [0.15, 0.2) is 0 Å². The van der Waals surface area contributed by atoms with E-state index in [1.54, 1.807) is 0 Å². The maximum absolute atomic E-state index is 6.32. The largest absolute Gasteiger partial charge is 0.500 e. The van der Waals surface area contributed by atoms with Crippen molar-refractivity contribution in [3.8, 4) is 0 Å². The molecule has 0 fully saturated rings. The van der Waals surface area contributed by atoms with Crippen molar-refractivity contribution in [3.63, 3.8) is 0 Å². The highest BCUT2D eigenvalue weighted by Crippen LogP contribution is 2.20. The third-order valence-electron chi connectivity index (χ3n) is 4.52. The van der Waals surface area contributed by atoms with Crippen LogP contribution < -0.4 is 0 Å². The molecule has 0 aromatic carbocycles. The van der Waals surface area contributed by atoms with Gasteiger partial charge in [0.1, 0.15) is 0 Å². The number of hydrogen-bond acceptors (Lipinski definition) is 3. The standard InChI is InChI=1S/C21H46O3Si/c1-5-9-12-15-18-22-25(21-8-4,23-19-16-13-10-6-2)24-20-17-14-11-7-3/h5-21H2,1-4H3. The third kappa shape index (κ3) is 14.9. The zero-order valence-corrected chi connectivity index (χ0v) is 18.7. The quantitative estimate of drug-likeness (QED) is 0.168. The Kier molecular flexibility index (Phi) is 18.9. The average Bonchev–Trinajstić information content (AvgIpc) is 2.61. The van der Waals surface area contributed by atoms with Gasteiger partial charge in [-0.05, 0) is 19.3 Å². The van der Waals surface area contributed by atoms with Gasteiger partial charge in [0.25, 0.3) is 0 Å². The first-order valence-electron chi connectivity index (χ1n) is 11.2. The van der Waals surface area contributed by atoms with Crippen LogP contribution in [-0.2, 0) is 13.3 Å². The second kappa shape index (κ2) is 18.9. The zero-order chi connectivity index (χ0) is 18.6. The lowest BCUT2D eigenvalue weighted by Gasteiger charge is -2.30. The Labute approximate surface area is 159 Å². The van der Waals surface area contributed by atoms with E-state index in [1.807, 2.05) is 0 Å². The Morgan fingerprint density at radius 2 is 0.800 bits per heavy atom. The van der Waals surface area contributed by atoms with Gasteiger partial charge in [-0.15, -0.1) is 0 Å². The summed E-state index contributed by atoms with van der Waals surface area (Å²) in [6, 6.07) is 0.961. The molecule has 4 heteroatoms. The van der Waals surface area contributed by atoms with Gasteiger partial charge in [-0.1, -0.05) is 91.9 Å². The first-order chi connectivity index (χ1) is 12.2. The topological polar surface area (TPSA) is 27.7 Å². The van der Waals surface area contributed by atoms with Crippen LogP contribution in [0.1, 0.15) is 111 Å². The van der Waals surface area contributed by atoms with Crippen molar-refractivity contribution in [2.45, 2.75) is 117 Å². The van der Waals surface area contributed by atoms with Crippen molar-refractivity contribution in [1.82, 2.24) is 0 Å². The third-order valence-corrected chi connectivity index (χ3v) is 7.56. The Balaban J connectivity index is 4.40. The summed E-state index contributed by atoms with van der Waals surface area (Å²) in [5, 5.41) is 0. The smallest absolute Gasteiger partial charge is 0.373 e. The molecule has 0 rings (SSSR count). The van der Waals surface area contributed by atoms with Crippen LogP contribution in [0.2, 0.25) is 6.04 Å². The van der Waals surface area contributed by atoms with Gasteiger partial charge in [-0.3, -0.25) is 0 Å². The van der Waals surface area contributed by atoms with E-state index in [0.717, 1.165) is 51.5 Å². The molecular weight excluding hydrogens is 328 g/mol. The Hall–Kier alpha value is 0.0969. The summed E-state index contributed by atoms with van der Waals surface area (Å²) in [6.07, 6.45) is 15.9. The van der Waals surface area contributed by atoms with Crippen LogP contribution >= 0.6 is 0 Å². The van der Waals surface area contributed by atoms with Crippen molar-refractivity contribution in [2.75, 3.05) is 19.8 Å². The highest BCUT2D eigenvalue weighted by molar-refractivity contribution is 6.60. The maximum Gasteiger partial charge on any atom is 0.500 e. The van der Waals surface area contributed by atoms with Crippen molar-refractivity contribution < 1.29 is 13.3 Å². The van der Waals surface area contributed by atoms with Gasteiger partial charge < -0.3 is 13.3 Å². The fourth-order valence-corrected chi connectivity index (χ4v) is 5.58. The van der Waals surface area contributed by atoms with Crippen molar-refractivity contribution in [2.24, 2.45) is 0 Å². The van der Waals surface area contributed by atoms with Gasteiger partial charge in [0, 0.05) is 25.9 Å². The molecule has 152 valence electrons. The molecule has 0 N–H and O–H groups in total. The average molecular weight is 375 g/mol. The Bertz CT molecular complexity index is 225. The fourth-order valence-electron chi connectivity index (χ4n) is 2.92. The SMILES string of the molecule is CCCCCCO[Si](CCC)(OCCCCCC)OCCCCCC. The molecule has 0 aliphatic rings. The summed E-state index contributed by atoms with van der Waals surface area (Å²) in [4.78, 5) is 0. The van der Waals surface area contributed by atoms with E-state index in [9.17, 15) is 0 Å². The highest BCUT2D eigenvalue weighted by atomic mass is 28.4. The second-order valence-electron chi connectivity index (χ2n) is 7.16. The molecular formula is C21H46O3Si. The Morgan fingerprint density at radius 1 is 0.440 bits per heavy atom. The van der Waals surface area contributed by atoms with Crippen molar-refractivity contribution in [1.29, 1.82) is 0 Å². The van der Waals surface area contributed by atoms with Gasteiger partial charge in [0.15, 0.2) is 0 Å². The molecule has 3 nitrogen and oxygen atoms in total. The predicted molar refractivity (Wildman–Crippen MR) is 111 cm³/mol. The van der Waals surface area contributed by atoms with Crippen LogP contribution in [-0.4, -0.2) is 28.6 Å². The lowest BCUT2D eigenvalue weighted by Crippen LogP contribution is -2.46. The lowest BCUT2D eigenvalue weighted by atomic mass is 10.2. The molecule has 0 unspecified atom stereocenters. The fraction of sp³-hybridized carbons (Fsp3) is 1.00. The van der Waals surface area contributed by atoms with E-state index >= 15 is 0 Å². The van der Waals surface area contributed by atoms with Gasteiger partial charge in [0.2, 0.25) is 0 Å². The predicted octanol–water partition coefficient (Wildman–Crippen LogP) is 7.13. The summed E-state index contributed by atoms with van der Waals surface area (Å²) < 4.78 is 19.0. The van der Waals surface area contributed by atoms with Crippen LogP contribution in [0.25, 0.3) is 0 Å². The minimum absolute atomic E-state index is 0.802. The number of rotatable bonds is 20. The first kappa shape index (κ1) is 25.1. The second-order valence-corrected chi connectivity index (χ2v) is 9.89. The molecule has 0 aromatic rings. The van der Waals surface area contributed by atoms with Crippen LogP contribution in [0, 0.1) is 0 Å². The molecule has 0 saturated heterocycles. The van der Waals surface area contributed by atoms with E-state index < -0.39 is 8.80 Å². The molecule has 0 atom stereocenters. The summed E-state index contributed by atoms with van der Waals surface area (Å²) in [6.45, 7) is 11.4. The molecule has 0 radical (unpaired) electrons. The minimum atomic E-state index is -2.48. The van der Waals surface area contributed by atoms with Gasteiger partial charge >= 0.3 is 8.80 Å². The minimum Gasteiger partial charge on any atom is -0.373 e. The number of unbranched alkanes of at least 4 members (excludes halogenated alkanes) is 9. The molecule has 0 bridgehead atoms. The summed E-state index contributed by atoms with van der Waals surface area (Å²) in [5.41, 5.74) is 0. The molecule has 0 aliphatic heterocycles. The van der Waals surface area contributed by atoms with E-state index in [-0.39, 0.29) is 0 Å². The first-order valence-corrected chi connectivity index (χ1v) is 13.1. The lowest BCUT2D eigenvalue weighted by molar-refractivity contribution is 0.0551. The van der Waals surface area contributed by atoms with E-state index in [1.165, 1.54) is 57.8 Å². The molecule has 0 saturated carbocycles. The molecule has 0 spiro atoms. The maximum atomic E-state index is 6.32. The van der Waals surface area contributed by atoms with Crippen molar-refractivity contribution in [3.05, 3.63) is 0 Å². The normalized spacial score (nSPS) is 12.0. The van der Waals surface area contributed by atoms with E-state index in [4.69, 9.17) is 13.3 Å². The zero-order valence-electron chi connectivity index (χ0n) is 17.7.